The molecule has 0 aliphatic heterocycles. The summed E-state index contributed by atoms with van der Waals surface area (Å²) in [6.45, 7) is 6.82. The summed E-state index contributed by atoms with van der Waals surface area (Å²) in [6, 6.07) is 4.62. The number of furan rings is 1. The van der Waals surface area contributed by atoms with Crippen molar-refractivity contribution in [3.05, 3.63) is 23.7 Å². The lowest BCUT2D eigenvalue weighted by Gasteiger charge is -2.12. The molecule has 0 unspecified atom stereocenters. The zero-order valence-corrected chi connectivity index (χ0v) is 8.76. The van der Waals surface area contributed by atoms with Gasteiger partial charge in [0.1, 0.15) is 5.76 Å². The summed E-state index contributed by atoms with van der Waals surface area (Å²) in [7, 11) is -1.11. The number of carbonyl (C=O) groups excluding carboxylic acids is 1. The Hall–Kier alpha value is -0.833. The van der Waals surface area contributed by atoms with E-state index in [1.165, 1.54) is 0 Å². The van der Waals surface area contributed by atoms with E-state index < -0.39 is 8.07 Å². The molecule has 0 amide bonds. The van der Waals surface area contributed by atoms with Crippen molar-refractivity contribution in [3.63, 3.8) is 0 Å². The topological polar surface area (TPSA) is 30.2 Å². The van der Waals surface area contributed by atoms with E-state index >= 15 is 0 Å². The van der Waals surface area contributed by atoms with Crippen LogP contribution in [0.2, 0.25) is 19.6 Å². The van der Waals surface area contributed by atoms with Gasteiger partial charge in [-0.05, 0) is 12.1 Å². The van der Waals surface area contributed by atoms with Crippen molar-refractivity contribution in [1.82, 2.24) is 0 Å². The minimum Gasteiger partial charge on any atom is -0.459 e. The summed E-state index contributed by atoms with van der Waals surface area (Å²) in [5.74, 6) is 1.37. The Bertz CT molecular complexity index is 270. The molecule has 0 atom stereocenters. The number of rotatable bonds is 3. The summed E-state index contributed by atoms with van der Waals surface area (Å²) >= 11 is 0. The van der Waals surface area contributed by atoms with Gasteiger partial charge < -0.3 is 4.42 Å². The van der Waals surface area contributed by atoms with Gasteiger partial charge in [0.2, 0.25) is 0 Å². The van der Waals surface area contributed by atoms with Gasteiger partial charge in [0.25, 0.3) is 0 Å². The first-order valence-electron chi connectivity index (χ1n) is 4.05. The van der Waals surface area contributed by atoms with E-state index in [1.54, 1.807) is 6.07 Å². The third-order valence-electron chi connectivity index (χ3n) is 1.50. The van der Waals surface area contributed by atoms with Crippen molar-refractivity contribution < 1.29 is 9.21 Å². The van der Waals surface area contributed by atoms with Crippen LogP contribution in [0.4, 0.5) is 0 Å². The van der Waals surface area contributed by atoms with Crippen LogP contribution in [0.3, 0.4) is 0 Å². The molecule has 0 aliphatic carbocycles. The van der Waals surface area contributed by atoms with E-state index in [2.05, 4.69) is 19.6 Å². The first-order chi connectivity index (χ1) is 5.51. The molecular formula is C9H14O2Si. The molecule has 0 aliphatic rings. The maximum absolute atomic E-state index is 10.3. The fourth-order valence-corrected chi connectivity index (χ4v) is 2.31. The first-order valence-corrected chi connectivity index (χ1v) is 7.76. The summed E-state index contributed by atoms with van der Waals surface area (Å²) in [4.78, 5) is 10.3. The lowest BCUT2D eigenvalue weighted by atomic mass is 10.4. The molecule has 0 N–H and O–H groups in total. The van der Waals surface area contributed by atoms with E-state index in [0.29, 0.717) is 5.76 Å². The molecule has 1 aromatic heterocycles. The Morgan fingerprint density at radius 2 is 2.08 bits per heavy atom. The van der Waals surface area contributed by atoms with Crippen LogP contribution in [0, 0.1) is 0 Å². The van der Waals surface area contributed by atoms with Gasteiger partial charge in [-0.25, -0.2) is 0 Å². The van der Waals surface area contributed by atoms with Crippen molar-refractivity contribution >= 4 is 14.4 Å². The van der Waals surface area contributed by atoms with Gasteiger partial charge in [-0.1, -0.05) is 19.6 Å². The van der Waals surface area contributed by atoms with E-state index in [4.69, 9.17) is 4.42 Å². The highest BCUT2D eigenvalue weighted by Gasteiger charge is 2.15. The molecular weight excluding hydrogens is 168 g/mol. The molecule has 66 valence electrons. The third-order valence-corrected chi connectivity index (χ3v) is 2.91. The third kappa shape index (κ3) is 2.66. The minimum atomic E-state index is -1.11. The molecule has 0 bridgehead atoms. The monoisotopic (exact) mass is 182 g/mol. The number of hydrogen-bond acceptors (Lipinski definition) is 2. The second kappa shape index (κ2) is 3.27. The van der Waals surface area contributed by atoms with Gasteiger partial charge in [0.15, 0.2) is 12.0 Å². The second-order valence-corrected chi connectivity index (χ2v) is 9.63. The van der Waals surface area contributed by atoms with Crippen LogP contribution in [0.1, 0.15) is 16.3 Å². The Balaban J connectivity index is 2.70. The Morgan fingerprint density at radius 3 is 2.50 bits per heavy atom. The van der Waals surface area contributed by atoms with E-state index in [0.717, 1.165) is 18.1 Å². The quantitative estimate of drug-likeness (QED) is 0.531. The molecule has 0 fully saturated rings. The summed E-state index contributed by atoms with van der Waals surface area (Å²) in [5, 5.41) is 0. The Morgan fingerprint density at radius 1 is 1.42 bits per heavy atom. The lowest BCUT2D eigenvalue weighted by molar-refractivity contribution is 0.109. The van der Waals surface area contributed by atoms with Gasteiger partial charge >= 0.3 is 0 Å². The molecule has 0 radical (unpaired) electrons. The van der Waals surface area contributed by atoms with Gasteiger partial charge in [0.05, 0.1) is 8.07 Å². The largest absolute Gasteiger partial charge is 0.459 e. The maximum Gasteiger partial charge on any atom is 0.185 e. The predicted molar refractivity (Wildman–Crippen MR) is 51.1 cm³/mol. The highest BCUT2D eigenvalue weighted by atomic mass is 28.3. The van der Waals surface area contributed by atoms with Gasteiger partial charge in [0, 0.05) is 6.04 Å². The molecule has 0 aromatic carbocycles. The fourth-order valence-electron chi connectivity index (χ4n) is 1.08. The number of aldehydes is 1. The zero-order valence-electron chi connectivity index (χ0n) is 7.76. The van der Waals surface area contributed by atoms with Crippen LogP contribution in [-0.2, 0) is 6.04 Å². The molecule has 0 spiro atoms. The molecule has 1 heterocycles. The van der Waals surface area contributed by atoms with Crippen molar-refractivity contribution in [2.75, 3.05) is 0 Å². The number of carbonyl (C=O) groups is 1. The van der Waals surface area contributed by atoms with Crippen LogP contribution in [0.5, 0.6) is 0 Å². The molecule has 12 heavy (non-hydrogen) atoms. The smallest absolute Gasteiger partial charge is 0.185 e. The van der Waals surface area contributed by atoms with E-state index in [9.17, 15) is 4.79 Å². The molecule has 0 saturated heterocycles. The maximum atomic E-state index is 10.3. The first kappa shape index (κ1) is 9.26. The summed E-state index contributed by atoms with van der Waals surface area (Å²) in [5.41, 5.74) is 0. The predicted octanol–water partition coefficient (Wildman–Crippen LogP) is 2.51. The summed E-state index contributed by atoms with van der Waals surface area (Å²) in [6.07, 6.45) is 0.744. The van der Waals surface area contributed by atoms with Crippen LogP contribution >= 0.6 is 0 Å². The molecule has 0 saturated carbocycles. The van der Waals surface area contributed by atoms with Crippen molar-refractivity contribution in [1.29, 1.82) is 0 Å². The number of hydrogen-bond donors (Lipinski definition) is 0. The molecule has 1 aromatic rings. The van der Waals surface area contributed by atoms with Crippen molar-refractivity contribution in [2.24, 2.45) is 0 Å². The summed E-state index contributed by atoms with van der Waals surface area (Å²) < 4.78 is 5.28. The normalized spacial score (nSPS) is 11.6. The van der Waals surface area contributed by atoms with Crippen molar-refractivity contribution in [3.8, 4) is 0 Å². The van der Waals surface area contributed by atoms with Gasteiger partial charge in [-0.2, -0.15) is 0 Å². The van der Waals surface area contributed by atoms with Crippen molar-refractivity contribution in [2.45, 2.75) is 25.7 Å². The van der Waals surface area contributed by atoms with Gasteiger partial charge in [-0.15, -0.1) is 0 Å². The standard InChI is InChI=1S/C9H14O2Si/c1-12(2,3)7-9-5-4-8(6-10)11-9/h4-6H,7H2,1-3H3. The average Bonchev–Trinajstić information content (AvgIpc) is 2.32. The van der Waals surface area contributed by atoms with E-state index in [1.807, 2.05) is 6.07 Å². The van der Waals surface area contributed by atoms with Crippen LogP contribution in [-0.4, -0.2) is 14.4 Å². The second-order valence-electron chi connectivity index (χ2n) is 4.16. The Labute approximate surface area is 73.6 Å². The van der Waals surface area contributed by atoms with E-state index in [-0.39, 0.29) is 0 Å². The lowest BCUT2D eigenvalue weighted by Crippen LogP contribution is -2.23. The zero-order chi connectivity index (χ0) is 9.19. The van der Waals surface area contributed by atoms with Crippen LogP contribution < -0.4 is 0 Å². The van der Waals surface area contributed by atoms with Crippen LogP contribution in [0.15, 0.2) is 16.5 Å². The average molecular weight is 182 g/mol. The molecule has 3 heteroatoms. The molecule has 1 rings (SSSR count). The molecule has 2 nitrogen and oxygen atoms in total. The SMILES string of the molecule is C[Si](C)(C)Cc1ccc(C=O)o1. The van der Waals surface area contributed by atoms with Gasteiger partial charge in [-0.3, -0.25) is 4.79 Å². The highest BCUT2D eigenvalue weighted by molar-refractivity contribution is 6.75. The highest BCUT2D eigenvalue weighted by Crippen LogP contribution is 2.13. The van der Waals surface area contributed by atoms with Crippen LogP contribution in [0.25, 0.3) is 0 Å². The minimum absolute atomic E-state index is 0.434. The fraction of sp³-hybridized carbons (Fsp3) is 0.444. The Kier molecular flexibility index (Phi) is 2.52.